The lowest BCUT2D eigenvalue weighted by Gasteiger charge is -2.27. The van der Waals surface area contributed by atoms with Gasteiger partial charge in [-0.2, -0.15) is 9.78 Å². The number of hydrogen-bond acceptors (Lipinski definition) is 7. The molecule has 1 atom stereocenters. The van der Waals surface area contributed by atoms with Gasteiger partial charge in [0.05, 0.1) is 6.26 Å². The van der Waals surface area contributed by atoms with E-state index in [0.29, 0.717) is 28.5 Å². The highest BCUT2D eigenvalue weighted by molar-refractivity contribution is 5.73. The van der Waals surface area contributed by atoms with Gasteiger partial charge in [0.15, 0.2) is 5.76 Å². The molecule has 1 aliphatic heterocycles. The first kappa shape index (κ1) is 14.5. The molecule has 1 aromatic carbocycles. The third-order valence-electron chi connectivity index (χ3n) is 4.21. The van der Waals surface area contributed by atoms with Crippen molar-refractivity contribution in [3.63, 3.8) is 0 Å². The molecule has 0 fully saturated rings. The van der Waals surface area contributed by atoms with Crippen LogP contribution in [0.3, 0.4) is 0 Å². The number of tetrazole rings is 1. The van der Waals surface area contributed by atoms with Crippen LogP contribution in [0.25, 0.3) is 11.5 Å². The number of hydrogen-bond donors (Lipinski definition) is 2. The van der Waals surface area contributed by atoms with E-state index in [0.717, 1.165) is 0 Å². The maximum atomic E-state index is 13.4. The molecule has 1 aliphatic rings. The third kappa shape index (κ3) is 2.05. The Hall–Kier alpha value is -3.82. The summed E-state index contributed by atoms with van der Waals surface area (Å²) in [6.07, 6.45) is 1.51. The van der Waals surface area contributed by atoms with E-state index in [1.807, 2.05) is 0 Å². The smallest absolute Gasteiger partial charge is 0.288 e. The summed E-state index contributed by atoms with van der Waals surface area (Å²) in [6.45, 7) is 0. The van der Waals surface area contributed by atoms with Gasteiger partial charge in [-0.1, -0.05) is 17.2 Å². The molecule has 0 saturated heterocycles. The summed E-state index contributed by atoms with van der Waals surface area (Å²) in [7, 11) is 0. The van der Waals surface area contributed by atoms with Gasteiger partial charge in [-0.25, -0.2) is 9.49 Å². The molecular weight excluding hydrogens is 341 g/mol. The molecule has 0 spiro atoms. The maximum Gasteiger partial charge on any atom is 0.288 e. The molecule has 5 rings (SSSR count). The molecule has 10 heteroatoms. The van der Waals surface area contributed by atoms with Gasteiger partial charge in [0.25, 0.3) is 5.56 Å². The van der Waals surface area contributed by atoms with Gasteiger partial charge in [0.1, 0.15) is 23.2 Å². The highest BCUT2D eigenvalue weighted by Gasteiger charge is 2.34. The van der Waals surface area contributed by atoms with Crippen molar-refractivity contribution < 1.29 is 8.81 Å². The minimum atomic E-state index is -0.577. The van der Waals surface area contributed by atoms with Crippen LogP contribution in [0.2, 0.25) is 0 Å². The average Bonchev–Trinajstić information content (AvgIpc) is 3.33. The van der Waals surface area contributed by atoms with Crippen LogP contribution >= 0.6 is 0 Å². The van der Waals surface area contributed by atoms with Crippen molar-refractivity contribution in [2.24, 2.45) is 0 Å². The van der Waals surface area contributed by atoms with E-state index in [4.69, 9.17) is 4.42 Å². The minimum absolute atomic E-state index is 0.267. The monoisotopic (exact) mass is 351 g/mol. The van der Waals surface area contributed by atoms with Crippen molar-refractivity contribution in [2.45, 2.75) is 6.04 Å². The number of anilines is 2. The fourth-order valence-electron chi connectivity index (χ4n) is 3.09. The summed E-state index contributed by atoms with van der Waals surface area (Å²) in [6, 6.07) is 8.80. The molecule has 0 aliphatic carbocycles. The van der Waals surface area contributed by atoms with Gasteiger partial charge in [-0.3, -0.25) is 4.79 Å². The Balaban J connectivity index is 1.83. The number of furan rings is 1. The Morgan fingerprint density at radius 2 is 2.04 bits per heavy atom. The molecule has 128 valence electrons. The Morgan fingerprint density at radius 1 is 1.19 bits per heavy atom. The summed E-state index contributed by atoms with van der Waals surface area (Å²) in [4.78, 5) is 12.4. The van der Waals surface area contributed by atoms with Crippen LogP contribution in [0, 0.1) is 5.82 Å². The van der Waals surface area contributed by atoms with Gasteiger partial charge in [-0.05, 0) is 40.3 Å². The van der Waals surface area contributed by atoms with E-state index in [2.05, 4.69) is 31.0 Å². The first-order valence-corrected chi connectivity index (χ1v) is 7.69. The minimum Gasteiger partial charge on any atom is -0.463 e. The molecule has 3 aromatic heterocycles. The quantitative estimate of drug-likeness (QED) is 0.499. The maximum absolute atomic E-state index is 13.4. The first-order valence-electron chi connectivity index (χ1n) is 7.69. The fraction of sp³-hybridized carbons (Fsp3) is 0.0625. The van der Waals surface area contributed by atoms with E-state index in [9.17, 15) is 9.18 Å². The second-order valence-electron chi connectivity index (χ2n) is 5.69. The van der Waals surface area contributed by atoms with Crippen molar-refractivity contribution in [3.8, 4) is 11.5 Å². The van der Waals surface area contributed by atoms with E-state index in [1.54, 1.807) is 24.3 Å². The van der Waals surface area contributed by atoms with Crippen molar-refractivity contribution in [1.29, 1.82) is 0 Å². The van der Waals surface area contributed by atoms with E-state index >= 15 is 0 Å². The second-order valence-corrected chi connectivity index (χ2v) is 5.69. The van der Waals surface area contributed by atoms with Crippen LogP contribution in [0.5, 0.6) is 0 Å². The number of fused-ring (bicyclic) bond motifs is 2. The Morgan fingerprint density at radius 3 is 2.81 bits per heavy atom. The fourth-order valence-corrected chi connectivity index (χ4v) is 3.09. The average molecular weight is 351 g/mol. The van der Waals surface area contributed by atoms with Crippen LogP contribution in [0.4, 0.5) is 16.0 Å². The van der Waals surface area contributed by atoms with Crippen LogP contribution in [-0.2, 0) is 0 Å². The lowest BCUT2D eigenvalue weighted by molar-refractivity contribution is 0.553. The summed E-state index contributed by atoms with van der Waals surface area (Å²) in [5.74, 6) is 0.409. The predicted molar refractivity (Wildman–Crippen MR) is 87.3 cm³/mol. The number of halogens is 1. The summed E-state index contributed by atoms with van der Waals surface area (Å²) in [5.41, 5.74) is 1.52. The topological polar surface area (TPSA) is 115 Å². The number of H-pyrrole nitrogens is 1. The standard InChI is InChI=1S/C16H10FN7O2/c17-9-5-3-8(4-6-9)14-11-12(10-2-1-7-26-10)19-20-15(25)13(11)18-16-21-22-23-24(14)16/h1-7,14H,(H,20,25)(H,18,21,23). The van der Waals surface area contributed by atoms with Crippen LogP contribution in [0.15, 0.2) is 51.9 Å². The van der Waals surface area contributed by atoms with E-state index < -0.39 is 11.6 Å². The summed E-state index contributed by atoms with van der Waals surface area (Å²) >= 11 is 0. The number of nitrogens with one attached hydrogen (secondary N) is 2. The molecule has 26 heavy (non-hydrogen) atoms. The zero-order valence-corrected chi connectivity index (χ0v) is 13.0. The molecular formula is C16H10FN7O2. The van der Waals surface area contributed by atoms with Gasteiger partial charge in [0.2, 0.25) is 5.95 Å². The van der Waals surface area contributed by atoms with Crippen molar-refractivity contribution in [2.75, 3.05) is 5.32 Å². The highest BCUT2D eigenvalue weighted by atomic mass is 19.1. The summed E-state index contributed by atoms with van der Waals surface area (Å²) < 4.78 is 20.4. The number of aromatic amines is 1. The number of aromatic nitrogens is 6. The lowest BCUT2D eigenvalue weighted by Crippen LogP contribution is -2.29. The summed E-state index contributed by atoms with van der Waals surface area (Å²) in [5, 5.41) is 21.1. The van der Waals surface area contributed by atoms with Gasteiger partial charge >= 0.3 is 0 Å². The van der Waals surface area contributed by atoms with Gasteiger partial charge < -0.3 is 9.73 Å². The number of nitrogens with zero attached hydrogens (tertiary/aromatic N) is 5. The first-order chi connectivity index (χ1) is 12.7. The third-order valence-corrected chi connectivity index (χ3v) is 4.21. The van der Waals surface area contributed by atoms with Crippen LogP contribution < -0.4 is 10.9 Å². The zero-order chi connectivity index (χ0) is 17.7. The Bertz CT molecular complexity index is 1150. The molecule has 4 aromatic rings. The molecule has 9 nitrogen and oxygen atoms in total. The second kappa shape index (κ2) is 5.34. The molecule has 0 amide bonds. The SMILES string of the molecule is O=c1[nH]nc(-c2ccco2)c2c1Nc1nnnn1C2c1ccc(F)cc1. The van der Waals surface area contributed by atoms with Crippen molar-refractivity contribution >= 4 is 11.6 Å². The predicted octanol–water partition coefficient (Wildman–Crippen LogP) is 1.85. The van der Waals surface area contributed by atoms with Gasteiger partial charge in [-0.15, -0.1) is 0 Å². The normalized spacial score (nSPS) is 15.2. The molecule has 4 heterocycles. The molecule has 0 radical (unpaired) electrons. The molecule has 0 saturated carbocycles. The number of rotatable bonds is 2. The lowest BCUT2D eigenvalue weighted by atomic mass is 9.94. The molecule has 1 unspecified atom stereocenters. The molecule has 2 N–H and O–H groups in total. The van der Waals surface area contributed by atoms with E-state index in [-0.39, 0.29) is 11.5 Å². The van der Waals surface area contributed by atoms with Crippen molar-refractivity contribution in [1.82, 2.24) is 30.4 Å². The van der Waals surface area contributed by atoms with Crippen LogP contribution in [-0.4, -0.2) is 30.4 Å². The largest absolute Gasteiger partial charge is 0.463 e. The Labute approximate surface area is 144 Å². The zero-order valence-electron chi connectivity index (χ0n) is 13.0. The highest BCUT2D eigenvalue weighted by Crippen LogP contribution is 2.40. The van der Waals surface area contributed by atoms with Crippen LogP contribution in [0.1, 0.15) is 17.2 Å². The van der Waals surface area contributed by atoms with Gasteiger partial charge in [0, 0.05) is 5.56 Å². The van der Waals surface area contributed by atoms with Crippen molar-refractivity contribution in [3.05, 3.63) is 70.0 Å². The Kier molecular flexibility index (Phi) is 2.98. The number of benzene rings is 1. The molecule has 0 bridgehead atoms. The van der Waals surface area contributed by atoms with E-state index in [1.165, 1.54) is 23.1 Å².